The van der Waals surface area contributed by atoms with Gasteiger partial charge in [-0.25, -0.2) is 18.2 Å². The third-order valence-corrected chi connectivity index (χ3v) is 6.47. The molecular formula is C22H18ClF3N4O3. The van der Waals surface area contributed by atoms with Crippen molar-refractivity contribution in [2.75, 3.05) is 6.61 Å². The van der Waals surface area contributed by atoms with Crippen LogP contribution in [0.1, 0.15) is 25.1 Å². The molecule has 2 aromatic carbocycles. The Kier molecular flexibility index (Phi) is 5.00. The molecule has 11 heteroatoms. The maximum absolute atomic E-state index is 13.4. The molecule has 1 heterocycles. The van der Waals surface area contributed by atoms with E-state index in [4.69, 9.17) is 16.3 Å². The molecule has 0 unspecified atom stereocenters. The van der Waals surface area contributed by atoms with E-state index in [0.717, 1.165) is 18.2 Å². The lowest BCUT2D eigenvalue weighted by molar-refractivity contribution is -0.184. The molecule has 0 aliphatic heterocycles. The van der Waals surface area contributed by atoms with Gasteiger partial charge in [0.1, 0.15) is 17.4 Å². The molecule has 1 aromatic heterocycles. The Morgan fingerprint density at radius 2 is 1.82 bits per heavy atom. The summed E-state index contributed by atoms with van der Waals surface area (Å²) < 4.78 is 45.4. The van der Waals surface area contributed by atoms with Gasteiger partial charge in [0, 0.05) is 23.7 Å². The second-order valence-corrected chi connectivity index (χ2v) is 9.06. The third kappa shape index (κ3) is 3.88. The van der Waals surface area contributed by atoms with Crippen LogP contribution in [-0.4, -0.2) is 33.9 Å². The first kappa shape index (κ1) is 21.6. The van der Waals surface area contributed by atoms with Crippen molar-refractivity contribution in [3.63, 3.8) is 0 Å². The van der Waals surface area contributed by atoms with Crippen molar-refractivity contribution in [2.24, 2.45) is 5.41 Å². The molecule has 6 rings (SSSR count). The van der Waals surface area contributed by atoms with Gasteiger partial charge < -0.3 is 20.4 Å². The number of halogens is 4. The largest absolute Gasteiger partial charge is 0.484 e. The number of carbonyl (C=O) groups is 2. The number of fused-ring (bicyclic) bond motifs is 1. The number of ether oxygens (including phenoxy) is 1. The summed E-state index contributed by atoms with van der Waals surface area (Å²) in [7, 11) is 0. The number of nitrogens with one attached hydrogen (secondary N) is 3. The molecule has 0 spiro atoms. The Bertz CT molecular complexity index is 1240. The maximum Gasteiger partial charge on any atom is 0.258 e. The number of aromatic nitrogens is 2. The normalized spacial score (nSPS) is 22.9. The zero-order valence-corrected chi connectivity index (χ0v) is 17.9. The Labute approximate surface area is 190 Å². The number of hydrogen-bond donors (Lipinski definition) is 3. The summed E-state index contributed by atoms with van der Waals surface area (Å²) in [6, 6.07) is 5.92. The maximum atomic E-state index is 13.4. The molecular weight excluding hydrogens is 461 g/mol. The number of benzene rings is 2. The zero-order valence-electron chi connectivity index (χ0n) is 17.1. The fraction of sp³-hybridized carbons (Fsp3) is 0.318. The number of H-pyrrole nitrogens is 1. The lowest BCUT2D eigenvalue weighted by Crippen LogP contribution is -2.78. The number of rotatable bonds is 7. The first-order valence-corrected chi connectivity index (χ1v) is 10.6. The summed E-state index contributed by atoms with van der Waals surface area (Å²) in [4.78, 5) is 31.8. The van der Waals surface area contributed by atoms with Gasteiger partial charge in [-0.2, -0.15) is 0 Å². The lowest BCUT2D eigenvalue weighted by Gasteiger charge is -2.69. The Morgan fingerprint density at radius 3 is 2.55 bits per heavy atom. The van der Waals surface area contributed by atoms with Gasteiger partial charge in [-0.15, -0.1) is 0 Å². The Hall–Kier alpha value is -3.27. The highest BCUT2D eigenvalue weighted by Crippen LogP contribution is 2.67. The zero-order chi connectivity index (χ0) is 23.4. The molecule has 172 valence electrons. The van der Waals surface area contributed by atoms with E-state index < -0.39 is 28.4 Å². The summed E-state index contributed by atoms with van der Waals surface area (Å²) in [5, 5.41) is 5.64. The van der Waals surface area contributed by atoms with E-state index in [2.05, 4.69) is 20.6 Å². The van der Waals surface area contributed by atoms with Crippen LogP contribution in [0.25, 0.3) is 11.0 Å². The number of hydrogen-bond acceptors (Lipinski definition) is 4. The Morgan fingerprint density at radius 1 is 1.09 bits per heavy atom. The second-order valence-electron chi connectivity index (χ2n) is 8.65. The van der Waals surface area contributed by atoms with Gasteiger partial charge in [-0.05, 0) is 31.4 Å². The number of imidazole rings is 1. The monoisotopic (exact) mass is 478 g/mol. The minimum atomic E-state index is -0.989. The number of amides is 2. The average molecular weight is 479 g/mol. The van der Waals surface area contributed by atoms with E-state index >= 15 is 0 Å². The molecule has 3 aliphatic carbocycles. The third-order valence-electron chi connectivity index (χ3n) is 6.17. The Balaban J connectivity index is 1.09. The van der Waals surface area contributed by atoms with E-state index in [1.54, 1.807) is 0 Å². The molecule has 0 radical (unpaired) electrons. The smallest absolute Gasteiger partial charge is 0.258 e. The minimum absolute atomic E-state index is 0.0349. The first-order valence-electron chi connectivity index (χ1n) is 10.2. The highest BCUT2D eigenvalue weighted by atomic mass is 35.5. The summed E-state index contributed by atoms with van der Waals surface area (Å²) in [6.07, 6.45) is 1.51. The van der Waals surface area contributed by atoms with E-state index in [-0.39, 0.29) is 41.3 Å². The molecule has 2 amide bonds. The summed E-state index contributed by atoms with van der Waals surface area (Å²) >= 11 is 5.61. The molecule has 3 aromatic rings. The van der Waals surface area contributed by atoms with Crippen molar-refractivity contribution in [3.05, 3.63) is 58.6 Å². The van der Waals surface area contributed by atoms with Crippen molar-refractivity contribution in [1.29, 1.82) is 0 Å². The van der Waals surface area contributed by atoms with Crippen molar-refractivity contribution >= 4 is 34.4 Å². The fourth-order valence-corrected chi connectivity index (χ4v) is 4.82. The molecule has 33 heavy (non-hydrogen) atoms. The molecule has 0 saturated heterocycles. The van der Waals surface area contributed by atoms with Gasteiger partial charge in [0.25, 0.3) is 5.91 Å². The van der Waals surface area contributed by atoms with Gasteiger partial charge in [0.05, 0.1) is 28.0 Å². The summed E-state index contributed by atoms with van der Waals surface area (Å²) in [5.41, 5.74) is -0.363. The van der Waals surface area contributed by atoms with Crippen molar-refractivity contribution in [2.45, 2.75) is 31.3 Å². The van der Waals surface area contributed by atoms with E-state index in [0.29, 0.717) is 30.6 Å². The van der Waals surface area contributed by atoms with Crippen LogP contribution in [0, 0.1) is 22.9 Å². The number of nitrogens with zero attached hydrogens (tertiary/aromatic N) is 1. The van der Waals surface area contributed by atoms with Crippen LogP contribution >= 0.6 is 11.6 Å². The van der Waals surface area contributed by atoms with Gasteiger partial charge in [0.2, 0.25) is 5.91 Å². The molecule has 2 bridgehead atoms. The SMILES string of the molecule is O=C(COc1ccc(Cl)c(F)c1)NC12CC(C(=O)NCc3nc4cc(F)c(F)cc4[nH]3)(C1)C2. The predicted octanol–water partition coefficient (Wildman–Crippen LogP) is 3.37. The van der Waals surface area contributed by atoms with Crippen molar-refractivity contribution < 1.29 is 27.5 Å². The quantitative estimate of drug-likeness (QED) is 0.485. The first-order chi connectivity index (χ1) is 15.7. The van der Waals surface area contributed by atoms with Crippen molar-refractivity contribution in [3.8, 4) is 5.75 Å². The summed E-state index contributed by atoms with van der Waals surface area (Å²) in [6.45, 7) is -0.196. The average Bonchev–Trinajstić information content (AvgIpc) is 3.10. The van der Waals surface area contributed by atoms with Gasteiger partial charge in [-0.1, -0.05) is 11.6 Å². The minimum Gasteiger partial charge on any atom is -0.484 e. The van der Waals surface area contributed by atoms with Gasteiger partial charge in [0.15, 0.2) is 18.2 Å². The highest BCUT2D eigenvalue weighted by Gasteiger charge is 2.72. The molecule has 3 N–H and O–H groups in total. The fourth-order valence-electron chi connectivity index (χ4n) is 4.70. The molecule has 3 aliphatic rings. The predicted molar refractivity (Wildman–Crippen MR) is 112 cm³/mol. The van der Waals surface area contributed by atoms with Crippen LogP contribution in [0.15, 0.2) is 30.3 Å². The van der Waals surface area contributed by atoms with E-state index in [9.17, 15) is 22.8 Å². The number of aromatic amines is 1. The number of carbonyl (C=O) groups excluding carboxylic acids is 2. The van der Waals surface area contributed by atoms with Crippen LogP contribution in [-0.2, 0) is 16.1 Å². The molecule has 0 atom stereocenters. The second kappa shape index (κ2) is 7.65. The standard InChI is InChI=1S/C22H18ClF3N4O3/c23-12-2-1-11(3-13(12)24)33-7-19(31)30-22-8-21(9-22,10-22)20(32)27-6-18-28-16-4-14(25)15(26)5-17(16)29-18/h1-5H,6-10H2,(H,27,32)(H,28,29)(H,30,31). The molecule has 7 nitrogen and oxygen atoms in total. The molecule has 3 fully saturated rings. The van der Waals surface area contributed by atoms with Crippen LogP contribution < -0.4 is 15.4 Å². The highest BCUT2D eigenvalue weighted by molar-refractivity contribution is 6.30. The topological polar surface area (TPSA) is 96.1 Å². The summed E-state index contributed by atoms with van der Waals surface area (Å²) in [5.74, 6) is -2.55. The molecule has 3 saturated carbocycles. The van der Waals surface area contributed by atoms with Crippen LogP contribution in [0.3, 0.4) is 0 Å². The van der Waals surface area contributed by atoms with Crippen LogP contribution in [0.5, 0.6) is 5.75 Å². The van der Waals surface area contributed by atoms with Gasteiger partial charge >= 0.3 is 0 Å². The van der Waals surface area contributed by atoms with E-state index in [1.165, 1.54) is 12.1 Å². The van der Waals surface area contributed by atoms with Gasteiger partial charge in [-0.3, -0.25) is 9.59 Å². The van der Waals surface area contributed by atoms with E-state index in [1.807, 2.05) is 0 Å². The van der Waals surface area contributed by atoms with Crippen LogP contribution in [0.4, 0.5) is 13.2 Å². The lowest BCUT2D eigenvalue weighted by atomic mass is 9.39. The van der Waals surface area contributed by atoms with Crippen LogP contribution in [0.2, 0.25) is 5.02 Å². The van der Waals surface area contributed by atoms with Crippen molar-refractivity contribution in [1.82, 2.24) is 20.6 Å².